The average molecular weight is 222 g/mol. The number of hydrogen-bond donors (Lipinski definition) is 3. The Morgan fingerprint density at radius 2 is 2.13 bits per heavy atom. The monoisotopic (exact) mass is 222 g/mol. The summed E-state index contributed by atoms with van der Waals surface area (Å²) in [4.78, 5) is 11.3. The van der Waals surface area contributed by atoms with Crippen LogP contribution in [0.4, 0.5) is 8.78 Å². The van der Waals surface area contributed by atoms with E-state index in [1.54, 1.807) is 0 Å². The van der Waals surface area contributed by atoms with Crippen molar-refractivity contribution in [2.75, 3.05) is 7.05 Å². The van der Waals surface area contributed by atoms with E-state index in [0.717, 1.165) is 12.8 Å². The van der Waals surface area contributed by atoms with Gasteiger partial charge in [0.25, 0.3) is 5.91 Å². The molecular formula is C9H16F2N2O2. The third-order valence-corrected chi connectivity index (χ3v) is 2.38. The molecule has 0 radical (unpaired) electrons. The Balaban J connectivity index is 2.38. The Kier molecular flexibility index (Phi) is 4.41. The summed E-state index contributed by atoms with van der Waals surface area (Å²) in [5.41, 5.74) is 0. The van der Waals surface area contributed by atoms with Gasteiger partial charge in [-0.05, 0) is 19.9 Å². The van der Waals surface area contributed by atoms with E-state index in [4.69, 9.17) is 0 Å². The maximum atomic E-state index is 12.1. The fraction of sp³-hybridized carbons (Fsp3) is 0.889. The lowest BCUT2D eigenvalue weighted by atomic mass is 10.1. The summed E-state index contributed by atoms with van der Waals surface area (Å²) in [6.45, 7) is 0. The van der Waals surface area contributed by atoms with E-state index in [1.807, 2.05) is 0 Å². The molecule has 1 rings (SSSR count). The number of carbonyl (C=O) groups excluding carboxylic acids is 1. The van der Waals surface area contributed by atoms with Crippen LogP contribution >= 0.6 is 0 Å². The highest BCUT2D eigenvalue weighted by atomic mass is 19.3. The van der Waals surface area contributed by atoms with Gasteiger partial charge in [0.05, 0.1) is 0 Å². The molecule has 4 nitrogen and oxygen atoms in total. The maximum absolute atomic E-state index is 12.1. The molecule has 1 amide bonds. The van der Waals surface area contributed by atoms with Crippen LogP contribution in [0, 0.1) is 0 Å². The number of nitrogens with one attached hydrogen (secondary N) is 2. The molecule has 0 heterocycles. The first-order valence-electron chi connectivity index (χ1n) is 4.98. The quantitative estimate of drug-likeness (QED) is 0.586. The Labute approximate surface area is 87.0 Å². The van der Waals surface area contributed by atoms with Gasteiger partial charge in [0.2, 0.25) is 6.43 Å². The molecule has 1 saturated carbocycles. The molecule has 0 aliphatic heterocycles. The highest BCUT2D eigenvalue weighted by molar-refractivity contribution is 5.81. The van der Waals surface area contributed by atoms with Crippen LogP contribution in [0.2, 0.25) is 0 Å². The van der Waals surface area contributed by atoms with E-state index < -0.39 is 30.9 Å². The van der Waals surface area contributed by atoms with Crippen molar-refractivity contribution >= 4 is 5.91 Å². The lowest BCUT2D eigenvalue weighted by Crippen LogP contribution is -2.49. The van der Waals surface area contributed by atoms with E-state index in [2.05, 4.69) is 10.6 Å². The molecular weight excluding hydrogens is 206 g/mol. The normalized spacial score (nSPS) is 20.1. The van der Waals surface area contributed by atoms with E-state index in [1.165, 1.54) is 7.05 Å². The fourth-order valence-corrected chi connectivity index (χ4v) is 1.29. The number of likely N-dealkylation sites (N-methyl/N-ethyl adjacent to an activating group) is 1. The summed E-state index contributed by atoms with van der Waals surface area (Å²) < 4.78 is 24.2. The van der Waals surface area contributed by atoms with Gasteiger partial charge in [-0.2, -0.15) is 0 Å². The van der Waals surface area contributed by atoms with Gasteiger partial charge in [0, 0.05) is 18.5 Å². The van der Waals surface area contributed by atoms with E-state index in [0.29, 0.717) is 0 Å². The highest BCUT2D eigenvalue weighted by Crippen LogP contribution is 2.19. The molecule has 2 unspecified atom stereocenters. The minimum Gasteiger partial charge on any atom is -0.382 e. The van der Waals surface area contributed by atoms with Crippen molar-refractivity contribution in [3.8, 4) is 0 Å². The summed E-state index contributed by atoms with van der Waals surface area (Å²) in [5, 5.41) is 14.6. The molecule has 2 atom stereocenters. The number of halogens is 2. The van der Waals surface area contributed by atoms with Gasteiger partial charge in [-0.25, -0.2) is 8.78 Å². The Morgan fingerprint density at radius 1 is 1.53 bits per heavy atom. The molecule has 0 aromatic carbocycles. The lowest BCUT2D eigenvalue weighted by Gasteiger charge is -2.21. The third-order valence-electron chi connectivity index (χ3n) is 2.38. The standard InChI is InChI=1S/C9H16F2N2O2/c1-12-6(4-7(10)11)8(14)9(15)13-5-2-3-5/h5-8,12,14H,2-4H2,1H3,(H,13,15). The molecule has 0 bridgehead atoms. The van der Waals surface area contributed by atoms with Gasteiger partial charge >= 0.3 is 0 Å². The molecule has 88 valence electrons. The fourth-order valence-electron chi connectivity index (χ4n) is 1.29. The molecule has 15 heavy (non-hydrogen) atoms. The van der Waals surface area contributed by atoms with Crippen molar-refractivity contribution in [2.24, 2.45) is 0 Å². The number of alkyl halides is 2. The minimum atomic E-state index is -2.54. The zero-order valence-corrected chi connectivity index (χ0v) is 8.54. The van der Waals surface area contributed by atoms with Crippen LogP contribution in [-0.2, 0) is 4.79 Å². The SMILES string of the molecule is CNC(CC(F)F)C(O)C(=O)NC1CC1. The van der Waals surface area contributed by atoms with Gasteiger partial charge in [0.1, 0.15) is 6.10 Å². The largest absolute Gasteiger partial charge is 0.382 e. The first kappa shape index (κ1) is 12.3. The summed E-state index contributed by atoms with van der Waals surface area (Å²) in [6, 6.07) is -0.778. The van der Waals surface area contributed by atoms with Crippen LogP contribution in [0.1, 0.15) is 19.3 Å². The van der Waals surface area contributed by atoms with Crippen LogP contribution in [0.25, 0.3) is 0 Å². The van der Waals surface area contributed by atoms with Crippen LogP contribution in [0.5, 0.6) is 0 Å². The predicted octanol–water partition coefficient (Wildman–Crippen LogP) is -0.131. The predicted molar refractivity (Wildman–Crippen MR) is 50.6 cm³/mol. The summed E-state index contributed by atoms with van der Waals surface area (Å²) in [5.74, 6) is -0.572. The average Bonchev–Trinajstić information content (AvgIpc) is 2.96. The first-order chi connectivity index (χ1) is 7.04. The van der Waals surface area contributed by atoms with Crippen LogP contribution in [-0.4, -0.2) is 42.7 Å². The topological polar surface area (TPSA) is 61.4 Å². The van der Waals surface area contributed by atoms with Crippen LogP contribution < -0.4 is 10.6 Å². The van der Waals surface area contributed by atoms with Crippen molar-refractivity contribution < 1.29 is 18.7 Å². The molecule has 0 aromatic rings. The Hall–Kier alpha value is -0.750. The first-order valence-corrected chi connectivity index (χ1v) is 4.98. The molecule has 0 aromatic heterocycles. The molecule has 1 fully saturated rings. The van der Waals surface area contributed by atoms with Gasteiger partial charge in [-0.3, -0.25) is 4.79 Å². The van der Waals surface area contributed by atoms with Crippen LogP contribution in [0.3, 0.4) is 0 Å². The second-order valence-corrected chi connectivity index (χ2v) is 3.75. The van der Waals surface area contributed by atoms with Gasteiger partial charge in [-0.1, -0.05) is 0 Å². The van der Waals surface area contributed by atoms with Crippen molar-refractivity contribution in [1.29, 1.82) is 0 Å². The molecule has 3 N–H and O–H groups in total. The number of aliphatic hydroxyl groups is 1. The van der Waals surface area contributed by atoms with E-state index >= 15 is 0 Å². The Morgan fingerprint density at radius 3 is 2.53 bits per heavy atom. The number of hydrogen-bond acceptors (Lipinski definition) is 3. The number of amides is 1. The highest BCUT2D eigenvalue weighted by Gasteiger charge is 2.31. The number of carbonyl (C=O) groups is 1. The molecule has 0 spiro atoms. The summed E-state index contributed by atoms with van der Waals surface area (Å²) >= 11 is 0. The zero-order valence-electron chi connectivity index (χ0n) is 8.54. The number of aliphatic hydroxyl groups excluding tert-OH is 1. The molecule has 6 heteroatoms. The third kappa shape index (κ3) is 4.09. The minimum absolute atomic E-state index is 0.121. The maximum Gasteiger partial charge on any atom is 0.250 e. The lowest BCUT2D eigenvalue weighted by molar-refractivity contribution is -0.131. The second kappa shape index (κ2) is 5.37. The number of rotatable bonds is 6. The smallest absolute Gasteiger partial charge is 0.250 e. The van der Waals surface area contributed by atoms with Gasteiger partial charge in [0.15, 0.2) is 0 Å². The van der Waals surface area contributed by atoms with Crippen LogP contribution in [0.15, 0.2) is 0 Å². The molecule has 0 saturated heterocycles. The van der Waals surface area contributed by atoms with Crippen molar-refractivity contribution in [1.82, 2.24) is 10.6 Å². The molecule has 1 aliphatic carbocycles. The van der Waals surface area contributed by atoms with E-state index in [9.17, 15) is 18.7 Å². The summed E-state index contributed by atoms with van der Waals surface area (Å²) in [6.07, 6.45) is -2.68. The van der Waals surface area contributed by atoms with Crippen molar-refractivity contribution in [2.45, 2.75) is 43.9 Å². The van der Waals surface area contributed by atoms with Crippen molar-refractivity contribution in [3.63, 3.8) is 0 Å². The Bertz CT molecular complexity index is 222. The van der Waals surface area contributed by atoms with Gasteiger partial charge in [-0.15, -0.1) is 0 Å². The zero-order chi connectivity index (χ0) is 11.4. The van der Waals surface area contributed by atoms with Crippen molar-refractivity contribution in [3.05, 3.63) is 0 Å². The van der Waals surface area contributed by atoms with Gasteiger partial charge < -0.3 is 15.7 Å². The van der Waals surface area contributed by atoms with E-state index in [-0.39, 0.29) is 6.04 Å². The second-order valence-electron chi connectivity index (χ2n) is 3.75. The molecule has 1 aliphatic rings. The summed E-state index contributed by atoms with van der Waals surface area (Å²) in [7, 11) is 1.45.